The molecule has 0 aliphatic carbocycles. The highest BCUT2D eigenvalue weighted by Gasteiger charge is 2.03. The SMILES string of the molecule is COc1ccc(-n2cc(C=Nc3cccc(Cl)c3)cc2C)cc1. The average molecular weight is 325 g/mol. The molecule has 0 amide bonds. The van der Waals surface area contributed by atoms with Gasteiger partial charge in [-0.3, -0.25) is 4.99 Å². The van der Waals surface area contributed by atoms with E-state index in [0.717, 1.165) is 28.4 Å². The molecule has 0 N–H and O–H groups in total. The van der Waals surface area contributed by atoms with E-state index in [0.29, 0.717) is 5.02 Å². The van der Waals surface area contributed by atoms with Crippen LogP contribution >= 0.6 is 11.6 Å². The van der Waals surface area contributed by atoms with Gasteiger partial charge in [0.1, 0.15) is 5.75 Å². The second-order valence-electron chi connectivity index (χ2n) is 5.22. The van der Waals surface area contributed by atoms with Gasteiger partial charge in [-0.1, -0.05) is 17.7 Å². The van der Waals surface area contributed by atoms with E-state index in [1.807, 2.05) is 54.7 Å². The Hall–Kier alpha value is -2.52. The van der Waals surface area contributed by atoms with E-state index in [2.05, 4.69) is 28.7 Å². The molecule has 0 aliphatic heterocycles. The van der Waals surface area contributed by atoms with Crippen LogP contribution in [-0.4, -0.2) is 17.9 Å². The number of methoxy groups -OCH3 is 1. The molecule has 1 aromatic heterocycles. The fraction of sp³-hybridized carbons (Fsp3) is 0.105. The number of benzene rings is 2. The van der Waals surface area contributed by atoms with Crippen molar-refractivity contribution in [3.05, 3.63) is 77.1 Å². The van der Waals surface area contributed by atoms with E-state index in [4.69, 9.17) is 16.3 Å². The minimum absolute atomic E-state index is 0.687. The summed E-state index contributed by atoms with van der Waals surface area (Å²) < 4.78 is 7.32. The normalized spacial score (nSPS) is 11.1. The number of ether oxygens (including phenoxy) is 1. The van der Waals surface area contributed by atoms with Crippen molar-refractivity contribution in [2.45, 2.75) is 6.92 Å². The number of hydrogen-bond acceptors (Lipinski definition) is 2. The van der Waals surface area contributed by atoms with Crippen molar-refractivity contribution in [3.63, 3.8) is 0 Å². The summed E-state index contributed by atoms with van der Waals surface area (Å²) in [6.45, 7) is 2.07. The molecule has 3 rings (SSSR count). The summed E-state index contributed by atoms with van der Waals surface area (Å²) in [7, 11) is 1.67. The monoisotopic (exact) mass is 324 g/mol. The van der Waals surface area contributed by atoms with Gasteiger partial charge >= 0.3 is 0 Å². The molecule has 0 saturated heterocycles. The minimum Gasteiger partial charge on any atom is -0.497 e. The van der Waals surface area contributed by atoms with Crippen molar-refractivity contribution in [2.24, 2.45) is 4.99 Å². The first kappa shape index (κ1) is 15.4. The molecule has 0 aliphatic rings. The summed E-state index contributed by atoms with van der Waals surface area (Å²) in [6.07, 6.45) is 3.91. The first-order valence-electron chi connectivity index (χ1n) is 7.29. The van der Waals surface area contributed by atoms with Crippen molar-refractivity contribution in [3.8, 4) is 11.4 Å². The molecular formula is C19H17ClN2O. The summed E-state index contributed by atoms with van der Waals surface area (Å²) >= 11 is 5.97. The molecule has 0 atom stereocenters. The molecular weight excluding hydrogens is 308 g/mol. The molecule has 0 radical (unpaired) electrons. The quantitative estimate of drug-likeness (QED) is 0.606. The van der Waals surface area contributed by atoms with Crippen molar-refractivity contribution in [1.29, 1.82) is 0 Å². The zero-order valence-corrected chi connectivity index (χ0v) is 13.8. The van der Waals surface area contributed by atoms with Crippen LogP contribution in [0.1, 0.15) is 11.3 Å². The maximum Gasteiger partial charge on any atom is 0.119 e. The number of halogens is 1. The minimum atomic E-state index is 0.687. The highest BCUT2D eigenvalue weighted by atomic mass is 35.5. The van der Waals surface area contributed by atoms with Crippen LogP contribution in [0, 0.1) is 6.92 Å². The van der Waals surface area contributed by atoms with Crippen molar-refractivity contribution in [2.75, 3.05) is 7.11 Å². The van der Waals surface area contributed by atoms with E-state index in [1.54, 1.807) is 7.11 Å². The summed E-state index contributed by atoms with van der Waals surface area (Å²) in [4.78, 5) is 4.47. The molecule has 1 heterocycles. The van der Waals surface area contributed by atoms with Crippen molar-refractivity contribution < 1.29 is 4.74 Å². The second kappa shape index (κ2) is 6.71. The fourth-order valence-electron chi connectivity index (χ4n) is 2.40. The van der Waals surface area contributed by atoms with Crippen molar-refractivity contribution in [1.82, 2.24) is 4.57 Å². The Labute approximate surface area is 140 Å². The Balaban J connectivity index is 1.85. The Morgan fingerprint density at radius 3 is 2.57 bits per heavy atom. The lowest BCUT2D eigenvalue weighted by atomic mass is 10.3. The van der Waals surface area contributed by atoms with Gasteiger partial charge in [0, 0.05) is 34.4 Å². The third kappa shape index (κ3) is 3.63. The summed E-state index contributed by atoms with van der Waals surface area (Å²) in [5.74, 6) is 0.848. The third-order valence-electron chi connectivity index (χ3n) is 3.56. The van der Waals surface area contributed by atoms with E-state index in [1.165, 1.54) is 0 Å². The summed E-state index contributed by atoms with van der Waals surface area (Å²) in [5, 5.41) is 0.687. The maximum absolute atomic E-state index is 5.97. The standard InChI is InChI=1S/C19H17ClN2O/c1-14-10-15(12-21-17-5-3-4-16(20)11-17)13-22(14)18-6-8-19(23-2)9-7-18/h3-13H,1-2H3. The van der Waals surface area contributed by atoms with E-state index in [9.17, 15) is 0 Å². The van der Waals surface area contributed by atoms with Crippen LogP contribution in [0.5, 0.6) is 5.75 Å². The zero-order chi connectivity index (χ0) is 16.2. The van der Waals surface area contributed by atoms with E-state index in [-0.39, 0.29) is 0 Å². The summed E-state index contributed by atoms with van der Waals surface area (Å²) in [6, 6.07) is 17.6. The number of rotatable bonds is 4. The maximum atomic E-state index is 5.97. The Bertz CT molecular complexity index is 835. The molecule has 23 heavy (non-hydrogen) atoms. The van der Waals surface area contributed by atoms with Crippen LogP contribution in [0.15, 0.2) is 65.8 Å². The van der Waals surface area contributed by atoms with Gasteiger partial charge < -0.3 is 9.30 Å². The van der Waals surface area contributed by atoms with E-state index >= 15 is 0 Å². The predicted octanol–water partition coefficient (Wildman–Crippen LogP) is 5.20. The number of nitrogens with zero attached hydrogens (tertiary/aromatic N) is 2. The van der Waals surface area contributed by atoms with Crippen LogP contribution < -0.4 is 4.74 Å². The molecule has 2 aromatic carbocycles. The fourth-order valence-corrected chi connectivity index (χ4v) is 2.58. The van der Waals surface area contributed by atoms with Gasteiger partial charge in [-0.15, -0.1) is 0 Å². The molecule has 0 spiro atoms. The Morgan fingerprint density at radius 1 is 1.09 bits per heavy atom. The van der Waals surface area contributed by atoms with Gasteiger partial charge in [-0.25, -0.2) is 0 Å². The number of aliphatic imine (C=N–C) groups is 1. The summed E-state index contributed by atoms with van der Waals surface area (Å²) in [5.41, 5.74) is 4.11. The Morgan fingerprint density at radius 2 is 1.87 bits per heavy atom. The molecule has 0 saturated carbocycles. The highest BCUT2D eigenvalue weighted by Crippen LogP contribution is 2.20. The highest BCUT2D eigenvalue weighted by molar-refractivity contribution is 6.30. The molecule has 0 bridgehead atoms. The first-order chi connectivity index (χ1) is 11.2. The van der Waals surface area contributed by atoms with Gasteiger partial charge in [0.25, 0.3) is 0 Å². The number of hydrogen-bond donors (Lipinski definition) is 0. The lowest BCUT2D eigenvalue weighted by molar-refractivity contribution is 0.414. The van der Waals surface area contributed by atoms with Gasteiger partial charge in [0.15, 0.2) is 0 Å². The topological polar surface area (TPSA) is 26.5 Å². The Kier molecular flexibility index (Phi) is 4.49. The average Bonchev–Trinajstić information content (AvgIpc) is 2.94. The van der Waals surface area contributed by atoms with Gasteiger partial charge in [-0.05, 0) is 55.5 Å². The molecule has 3 nitrogen and oxygen atoms in total. The third-order valence-corrected chi connectivity index (χ3v) is 3.79. The van der Waals surface area contributed by atoms with Crippen LogP contribution in [0.2, 0.25) is 5.02 Å². The molecule has 4 heteroatoms. The largest absolute Gasteiger partial charge is 0.497 e. The van der Waals surface area contributed by atoms with Gasteiger partial charge in [-0.2, -0.15) is 0 Å². The lowest BCUT2D eigenvalue weighted by Gasteiger charge is -2.06. The van der Waals surface area contributed by atoms with Crippen LogP contribution in [0.4, 0.5) is 5.69 Å². The predicted molar refractivity (Wildman–Crippen MR) is 95.8 cm³/mol. The van der Waals surface area contributed by atoms with Gasteiger partial charge in [0.2, 0.25) is 0 Å². The van der Waals surface area contributed by atoms with Crippen LogP contribution in [0.3, 0.4) is 0 Å². The number of aromatic nitrogens is 1. The van der Waals surface area contributed by atoms with E-state index < -0.39 is 0 Å². The van der Waals surface area contributed by atoms with Crippen LogP contribution in [0.25, 0.3) is 5.69 Å². The van der Waals surface area contributed by atoms with Crippen LogP contribution in [-0.2, 0) is 0 Å². The molecule has 116 valence electrons. The second-order valence-corrected chi connectivity index (χ2v) is 5.66. The first-order valence-corrected chi connectivity index (χ1v) is 7.66. The smallest absolute Gasteiger partial charge is 0.119 e. The van der Waals surface area contributed by atoms with Gasteiger partial charge in [0.05, 0.1) is 12.8 Å². The molecule has 0 fully saturated rings. The number of aryl methyl sites for hydroxylation is 1. The lowest BCUT2D eigenvalue weighted by Crippen LogP contribution is -1.94. The zero-order valence-electron chi connectivity index (χ0n) is 13.0. The van der Waals surface area contributed by atoms with Crippen molar-refractivity contribution >= 4 is 23.5 Å². The molecule has 3 aromatic rings. The molecule has 0 unspecified atom stereocenters.